The van der Waals surface area contributed by atoms with Crippen LogP contribution >= 0.6 is 0 Å². The monoisotopic (exact) mass is 404 g/mol. The number of para-hydroxylation sites is 2. The van der Waals surface area contributed by atoms with Gasteiger partial charge < -0.3 is 9.47 Å². The predicted octanol–water partition coefficient (Wildman–Crippen LogP) is 3.44. The van der Waals surface area contributed by atoms with Crippen LogP contribution < -0.4 is 20.3 Å². The van der Waals surface area contributed by atoms with Gasteiger partial charge in [0.2, 0.25) is 5.91 Å². The number of amides is 2. The predicted molar refractivity (Wildman–Crippen MR) is 114 cm³/mol. The van der Waals surface area contributed by atoms with E-state index >= 15 is 0 Å². The van der Waals surface area contributed by atoms with E-state index in [-0.39, 0.29) is 12.5 Å². The van der Waals surface area contributed by atoms with Crippen molar-refractivity contribution in [3.8, 4) is 11.5 Å². The third kappa shape index (κ3) is 5.61. The molecule has 0 aromatic heterocycles. The Morgan fingerprint density at radius 3 is 1.77 bits per heavy atom. The van der Waals surface area contributed by atoms with E-state index in [1.165, 1.54) is 0 Å². The van der Waals surface area contributed by atoms with Gasteiger partial charge in [-0.3, -0.25) is 20.4 Å². The minimum Gasteiger partial charge on any atom is -0.490 e. The molecule has 0 spiro atoms. The van der Waals surface area contributed by atoms with Gasteiger partial charge in [-0.1, -0.05) is 72.8 Å². The van der Waals surface area contributed by atoms with E-state index in [0.717, 1.165) is 11.1 Å². The smallest absolute Gasteiger partial charge is 0.276 e. The molecule has 0 aliphatic heterocycles. The normalized spacial score (nSPS) is 10.3. The van der Waals surface area contributed by atoms with Gasteiger partial charge in [0.25, 0.3) is 5.91 Å². The Morgan fingerprint density at radius 1 is 0.733 bits per heavy atom. The number of hydrogen-bond acceptors (Lipinski definition) is 4. The third-order valence-corrected chi connectivity index (χ3v) is 4.36. The quantitative estimate of drug-likeness (QED) is 0.564. The van der Waals surface area contributed by atoms with E-state index in [2.05, 4.69) is 10.9 Å². The van der Waals surface area contributed by atoms with Crippen LogP contribution in [0.2, 0.25) is 0 Å². The molecule has 2 N–H and O–H groups in total. The van der Waals surface area contributed by atoms with Crippen molar-refractivity contribution in [1.29, 1.82) is 0 Å². The summed E-state index contributed by atoms with van der Waals surface area (Å²) in [6.45, 7) is 2.10. The zero-order valence-electron chi connectivity index (χ0n) is 16.7. The molecule has 0 fully saturated rings. The molecule has 6 nitrogen and oxygen atoms in total. The number of carbonyl (C=O) groups excluding carboxylic acids is 2. The lowest BCUT2D eigenvalue weighted by Gasteiger charge is -2.18. The van der Waals surface area contributed by atoms with Crippen LogP contribution in [0.25, 0.3) is 0 Å². The zero-order chi connectivity index (χ0) is 21.2. The first kappa shape index (κ1) is 20.9. The van der Waals surface area contributed by atoms with Crippen LogP contribution in [-0.2, 0) is 9.59 Å². The first-order chi connectivity index (χ1) is 14.7. The van der Waals surface area contributed by atoms with Crippen molar-refractivity contribution < 1.29 is 19.1 Å². The summed E-state index contributed by atoms with van der Waals surface area (Å²) in [6.07, 6.45) is 0. The fourth-order valence-electron chi connectivity index (χ4n) is 3.01. The van der Waals surface area contributed by atoms with Crippen LogP contribution in [0.4, 0.5) is 0 Å². The van der Waals surface area contributed by atoms with E-state index in [9.17, 15) is 9.59 Å². The van der Waals surface area contributed by atoms with Crippen molar-refractivity contribution in [1.82, 2.24) is 10.9 Å². The van der Waals surface area contributed by atoms with Crippen LogP contribution in [0.1, 0.15) is 24.0 Å². The van der Waals surface area contributed by atoms with Gasteiger partial charge in [0.05, 0.1) is 12.5 Å². The summed E-state index contributed by atoms with van der Waals surface area (Å²) in [5.74, 6) is -0.338. The molecule has 0 unspecified atom stereocenters. The van der Waals surface area contributed by atoms with Gasteiger partial charge in [-0.2, -0.15) is 0 Å². The largest absolute Gasteiger partial charge is 0.490 e. The molecule has 0 saturated heterocycles. The molecule has 0 aliphatic carbocycles. The van der Waals surface area contributed by atoms with Crippen LogP contribution in [-0.4, -0.2) is 25.0 Å². The van der Waals surface area contributed by atoms with Gasteiger partial charge in [0.1, 0.15) is 0 Å². The SMILES string of the molecule is CCOc1ccccc1OCC(=O)NNC(=O)C(c1ccccc1)c1ccccc1. The fourth-order valence-corrected chi connectivity index (χ4v) is 3.01. The molecule has 30 heavy (non-hydrogen) atoms. The van der Waals surface area contributed by atoms with Crippen LogP contribution in [0, 0.1) is 0 Å². The topological polar surface area (TPSA) is 76.7 Å². The minimum atomic E-state index is -0.549. The van der Waals surface area contributed by atoms with Crippen LogP contribution in [0.5, 0.6) is 11.5 Å². The molecule has 0 heterocycles. The van der Waals surface area contributed by atoms with Crippen molar-refractivity contribution in [2.45, 2.75) is 12.8 Å². The molecular weight excluding hydrogens is 380 g/mol. The first-order valence-electron chi connectivity index (χ1n) is 9.72. The molecule has 0 bridgehead atoms. The maximum absolute atomic E-state index is 12.9. The van der Waals surface area contributed by atoms with Crippen LogP contribution in [0.3, 0.4) is 0 Å². The maximum atomic E-state index is 12.9. The van der Waals surface area contributed by atoms with Gasteiger partial charge in [0.15, 0.2) is 18.1 Å². The third-order valence-electron chi connectivity index (χ3n) is 4.36. The summed E-state index contributed by atoms with van der Waals surface area (Å²) in [5, 5.41) is 0. The summed E-state index contributed by atoms with van der Waals surface area (Å²) < 4.78 is 11.0. The average Bonchev–Trinajstić information content (AvgIpc) is 2.79. The minimum absolute atomic E-state index is 0.258. The lowest BCUT2D eigenvalue weighted by molar-refractivity contribution is -0.130. The molecule has 0 saturated carbocycles. The van der Waals surface area contributed by atoms with Crippen molar-refractivity contribution in [2.24, 2.45) is 0 Å². The van der Waals surface area contributed by atoms with Crippen molar-refractivity contribution in [2.75, 3.05) is 13.2 Å². The average molecular weight is 404 g/mol. The van der Waals surface area contributed by atoms with E-state index < -0.39 is 11.8 Å². The molecule has 3 aromatic carbocycles. The van der Waals surface area contributed by atoms with E-state index in [0.29, 0.717) is 18.1 Å². The summed E-state index contributed by atoms with van der Waals surface area (Å²) in [5.41, 5.74) is 6.59. The standard InChI is InChI=1S/C24H24N2O4/c1-2-29-20-15-9-10-16-21(20)30-17-22(27)25-26-24(28)23(18-11-5-3-6-12-18)19-13-7-4-8-14-19/h3-16,23H,2,17H2,1H3,(H,25,27)(H,26,28). The van der Waals surface area contributed by atoms with Gasteiger partial charge in [-0.25, -0.2) is 0 Å². The van der Waals surface area contributed by atoms with Crippen molar-refractivity contribution >= 4 is 11.8 Å². The molecule has 154 valence electrons. The molecule has 6 heteroatoms. The zero-order valence-corrected chi connectivity index (χ0v) is 16.7. The summed E-state index contributed by atoms with van der Waals surface area (Å²) in [7, 11) is 0. The van der Waals surface area contributed by atoms with E-state index in [1.807, 2.05) is 73.7 Å². The Morgan fingerprint density at radius 2 is 1.23 bits per heavy atom. The van der Waals surface area contributed by atoms with E-state index in [1.54, 1.807) is 18.2 Å². The second-order valence-electron chi connectivity index (χ2n) is 6.46. The summed E-state index contributed by atoms with van der Waals surface area (Å²) in [6, 6.07) is 25.9. The Kier molecular flexibility index (Phi) is 7.44. The van der Waals surface area contributed by atoms with Gasteiger partial charge in [-0.15, -0.1) is 0 Å². The highest BCUT2D eigenvalue weighted by Crippen LogP contribution is 2.26. The maximum Gasteiger partial charge on any atom is 0.276 e. The fraction of sp³-hybridized carbons (Fsp3) is 0.167. The molecule has 0 radical (unpaired) electrons. The number of hydrogen-bond donors (Lipinski definition) is 2. The Bertz CT molecular complexity index is 922. The second kappa shape index (κ2) is 10.7. The van der Waals surface area contributed by atoms with Crippen LogP contribution in [0.15, 0.2) is 84.9 Å². The second-order valence-corrected chi connectivity index (χ2v) is 6.46. The number of hydrazine groups is 1. The molecule has 0 atom stereocenters. The van der Waals surface area contributed by atoms with Gasteiger partial charge >= 0.3 is 0 Å². The Hall–Kier alpha value is -3.80. The first-order valence-corrected chi connectivity index (χ1v) is 9.72. The number of nitrogens with one attached hydrogen (secondary N) is 2. The highest BCUT2D eigenvalue weighted by atomic mass is 16.5. The number of benzene rings is 3. The Labute approximate surface area is 175 Å². The number of rotatable bonds is 8. The highest BCUT2D eigenvalue weighted by molar-refractivity contribution is 5.89. The van der Waals surface area contributed by atoms with Crippen molar-refractivity contribution in [3.05, 3.63) is 96.1 Å². The summed E-state index contributed by atoms with van der Waals surface area (Å²) in [4.78, 5) is 25.1. The molecule has 0 aliphatic rings. The highest BCUT2D eigenvalue weighted by Gasteiger charge is 2.23. The molecular formula is C24H24N2O4. The van der Waals surface area contributed by atoms with Gasteiger partial charge in [-0.05, 0) is 30.2 Å². The summed E-state index contributed by atoms with van der Waals surface area (Å²) >= 11 is 0. The number of carbonyl (C=O) groups is 2. The van der Waals surface area contributed by atoms with Gasteiger partial charge in [0, 0.05) is 0 Å². The van der Waals surface area contributed by atoms with Crippen molar-refractivity contribution in [3.63, 3.8) is 0 Å². The molecule has 2 amide bonds. The Balaban J connectivity index is 1.61. The lowest BCUT2D eigenvalue weighted by Crippen LogP contribution is -2.46. The molecule has 3 aromatic rings. The number of ether oxygens (including phenoxy) is 2. The molecule has 3 rings (SSSR count). The lowest BCUT2D eigenvalue weighted by atomic mass is 9.91. The van der Waals surface area contributed by atoms with E-state index in [4.69, 9.17) is 9.47 Å².